The molecule has 0 fully saturated rings. The predicted octanol–water partition coefficient (Wildman–Crippen LogP) is 3.51. The van der Waals surface area contributed by atoms with Gasteiger partial charge in [-0.3, -0.25) is 14.9 Å². The Labute approximate surface area is 118 Å². The fourth-order valence-electron chi connectivity index (χ4n) is 2.64. The Kier molecular flexibility index (Phi) is 5.04. The molecule has 4 nitrogen and oxygen atoms in total. The largest absolute Gasteiger partial charge is 0.295 e. The first-order valence-electron chi connectivity index (χ1n) is 7.06. The van der Waals surface area contributed by atoms with Crippen LogP contribution in [-0.2, 0) is 4.79 Å². The van der Waals surface area contributed by atoms with E-state index in [9.17, 15) is 14.9 Å². The lowest BCUT2D eigenvalue weighted by Crippen LogP contribution is -2.18. The van der Waals surface area contributed by atoms with Crippen LogP contribution in [0, 0.1) is 10.1 Å². The summed E-state index contributed by atoms with van der Waals surface area (Å²) in [6.45, 7) is -0.191. The van der Waals surface area contributed by atoms with Gasteiger partial charge in [-0.2, -0.15) is 0 Å². The van der Waals surface area contributed by atoms with Gasteiger partial charge in [0.15, 0.2) is 5.78 Å². The van der Waals surface area contributed by atoms with Crippen LogP contribution in [0.2, 0.25) is 0 Å². The SMILES string of the molecule is O=C(C[C@H](C[N+](=O)[O-])c1ccccc1)C1=CCCCC1. The second-order valence-corrected chi connectivity index (χ2v) is 5.23. The van der Waals surface area contributed by atoms with E-state index in [-0.39, 0.29) is 29.6 Å². The number of nitro groups is 1. The summed E-state index contributed by atoms with van der Waals surface area (Å²) < 4.78 is 0. The number of Topliss-reactive ketones (excluding diaryl/α,β-unsaturated/α-hetero) is 1. The van der Waals surface area contributed by atoms with Gasteiger partial charge in [0.2, 0.25) is 6.54 Å². The van der Waals surface area contributed by atoms with E-state index in [0.29, 0.717) is 0 Å². The average molecular weight is 273 g/mol. The van der Waals surface area contributed by atoms with Crippen molar-refractivity contribution in [3.05, 3.63) is 57.7 Å². The molecule has 0 radical (unpaired) electrons. The van der Waals surface area contributed by atoms with Gasteiger partial charge in [0.05, 0.1) is 5.92 Å². The van der Waals surface area contributed by atoms with E-state index < -0.39 is 0 Å². The summed E-state index contributed by atoms with van der Waals surface area (Å²) in [6.07, 6.45) is 6.18. The molecule has 0 aliphatic heterocycles. The monoisotopic (exact) mass is 273 g/mol. The van der Waals surface area contributed by atoms with Crippen LogP contribution < -0.4 is 0 Å². The average Bonchev–Trinajstić information content (AvgIpc) is 2.48. The lowest BCUT2D eigenvalue weighted by Gasteiger charge is -2.16. The molecule has 0 aromatic heterocycles. The Balaban J connectivity index is 2.09. The molecule has 2 rings (SSSR count). The van der Waals surface area contributed by atoms with E-state index in [4.69, 9.17) is 0 Å². The van der Waals surface area contributed by atoms with Crippen molar-refractivity contribution in [2.24, 2.45) is 0 Å². The van der Waals surface area contributed by atoms with Crippen molar-refractivity contribution < 1.29 is 9.72 Å². The van der Waals surface area contributed by atoms with E-state index in [0.717, 1.165) is 36.8 Å². The molecule has 0 unspecified atom stereocenters. The molecular weight excluding hydrogens is 254 g/mol. The topological polar surface area (TPSA) is 60.2 Å². The number of hydrogen-bond donors (Lipinski definition) is 0. The molecule has 106 valence electrons. The smallest absolute Gasteiger partial charge is 0.211 e. The van der Waals surface area contributed by atoms with Crippen LogP contribution in [0.5, 0.6) is 0 Å². The molecule has 0 spiro atoms. The maximum atomic E-state index is 12.3. The lowest BCUT2D eigenvalue weighted by molar-refractivity contribution is -0.483. The van der Waals surface area contributed by atoms with Gasteiger partial charge >= 0.3 is 0 Å². The van der Waals surface area contributed by atoms with Crippen molar-refractivity contribution in [3.8, 4) is 0 Å². The highest BCUT2D eigenvalue weighted by Gasteiger charge is 2.23. The standard InChI is InChI=1S/C16H19NO3/c18-16(14-9-5-2-6-10-14)11-15(12-17(19)20)13-7-3-1-4-8-13/h1,3-4,7-9,15H,2,5-6,10-12H2/t15-/m1/s1. The van der Waals surface area contributed by atoms with Crippen molar-refractivity contribution in [2.75, 3.05) is 6.54 Å². The number of nitrogens with zero attached hydrogens (tertiary/aromatic N) is 1. The van der Waals surface area contributed by atoms with Crippen molar-refractivity contribution in [1.29, 1.82) is 0 Å². The number of hydrogen-bond acceptors (Lipinski definition) is 3. The minimum Gasteiger partial charge on any atom is -0.295 e. The van der Waals surface area contributed by atoms with Crippen LogP contribution in [0.4, 0.5) is 0 Å². The van der Waals surface area contributed by atoms with Crippen LogP contribution in [0.3, 0.4) is 0 Å². The Morgan fingerprint density at radius 3 is 2.60 bits per heavy atom. The Morgan fingerprint density at radius 2 is 2.00 bits per heavy atom. The highest BCUT2D eigenvalue weighted by molar-refractivity contribution is 5.95. The number of rotatable bonds is 6. The molecule has 0 bridgehead atoms. The summed E-state index contributed by atoms with van der Waals surface area (Å²) >= 11 is 0. The fourth-order valence-corrected chi connectivity index (χ4v) is 2.64. The first kappa shape index (κ1) is 14.4. The third-order valence-electron chi connectivity index (χ3n) is 3.72. The third-order valence-corrected chi connectivity index (χ3v) is 3.72. The molecule has 0 amide bonds. The zero-order chi connectivity index (χ0) is 14.4. The minimum atomic E-state index is -0.333. The van der Waals surface area contributed by atoms with Crippen LogP contribution in [-0.4, -0.2) is 17.3 Å². The van der Waals surface area contributed by atoms with E-state index in [1.165, 1.54) is 0 Å². The van der Waals surface area contributed by atoms with Crippen molar-refractivity contribution >= 4 is 5.78 Å². The van der Waals surface area contributed by atoms with E-state index in [2.05, 4.69) is 0 Å². The summed E-state index contributed by atoms with van der Waals surface area (Å²) in [6, 6.07) is 9.30. The predicted molar refractivity (Wildman–Crippen MR) is 77.2 cm³/mol. The minimum absolute atomic E-state index is 0.0698. The normalized spacial score (nSPS) is 16.3. The van der Waals surface area contributed by atoms with E-state index in [1.54, 1.807) is 0 Å². The zero-order valence-corrected chi connectivity index (χ0v) is 11.5. The molecule has 4 heteroatoms. The number of ketones is 1. The Bertz CT molecular complexity index is 508. The van der Waals surface area contributed by atoms with Crippen LogP contribution >= 0.6 is 0 Å². The number of allylic oxidation sites excluding steroid dienone is 2. The zero-order valence-electron chi connectivity index (χ0n) is 11.5. The van der Waals surface area contributed by atoms with Crippen LogP contribution in [0.25, 0.3) is 0 Å². The third kappa shape index (κ3) is 4.02. The summed E-state index contributed by atoms with van der Waals surface area (Å²) in [5.41, 5.74) is 1.73. The molecule has 1 atom stereocenters. The van der Waals surface area contributed by atoms with Gasteiger partial charge in [-0.1, -0.05) is 36.4 Å². The number of carbonyl (C=O) groups is 1. The van der Waals surface area contributed by atoms with Crippen molar-refractivity contribution in [2.45, 2.75) is 38.0 Å². The Morgan fingerprint density at radius 1 is 1.25 bits per heavy atom. The van der Waals surface area contributed by atoms with Crippen LogP contribution in [0.15, 0.2) is 42.0 Å². The van der Waals surface area contributed by atoms with Gasteiger partial charge in [-0.05, 0) is 36.8 Å². The van der Waals surface area contributed by atoms with Crippen LogP contribution in [0.1, 0.15) is 43.6 Å². The molecule has 0 saturated heterocycles. The molecule has 0 saturated carbocycles. The first-order valence-corrected chi connectivity index (χ1v) is 7.06. The molecule has 1 aliphatic carbocycles. The number of benzene rings is 1. The highest BCUT2D eigenvalue weighted by Crippen LogP contribution is 2.25. The second-order valence-electron chi connectivity index (χ2n) is 5.23. The summed E-state index contributed by atoms with van der Waals surface area (Å²) in [5, 5.41) is 10.8. The molecule has 1 aromatic rings. The fraction of sp³-hybridized carbons (Fsp3) is 0.438. The van der Waals surface area contributed by atoms with Crippen molar-refractivity contribution in [1.82, 2.24) is 0 Å². The first-order chi connectivity index (χ1) is 9.66. The van der Waals surface area contributed by atoms with E-state index >= 15 is 0 Å². The van der Waals surface area contributed by atoms with Gasteiger partial charge in [-0.25, -0.2) is 0 Å². The van der Waals surface area contributed by atoms with E-state index in [1.807, 2.05) is 36.4 Å². The lowest BCUT2D eigenvalue weighted by atomic mass is 9.88. The molecule has 20 heavy (non-hydrogen) atoms. The second kappa shape index (κ2) is 6.98. The molecule has 0 N–H and O–H groups in total. The summed E-state index contributed by atoms with van der Waals surface area (Å²) in [5.74, 6) is -0.262. The van der Waals surface area contributed by atoms with Gasteiger partial charge in [0.25, 0.3) is 0 Å². The maximum absolute atomic E-state index is 12.3. The molecule has 1 aromatic carbocycles. The summed E-state index contributed by atoms with van der Waals surface area (Å²) in [7, 11) is 0. The maximum Gasteiger partial charge on any atom is 0.211 e. The Hall–Kier alpha value is -1.97. The van der Waals surface area contributed by atoms with Gasteiger partial charge in [-0.15, -0.1) is 0 Å². The molecular formula is C16H19NO3. The highest BCUT2D eigenvalue weighted by atomic mass is 16.6. The molecule has 0 heterocycles. The van der Waals surface area contributed by atoms with Gasteiger partial charge in [0, 0.05) is 11.3 Å². The molecule has 1 aliphatic rings. The van der Waals surface area contributed by atoms with Crippen molar-refractivity contribution in [3.63, 3.8) is 0 Å². The quantitative estimate of drug-likeness (QED) is 0.588. The van der Waals surface area contributed by atoms with Gasteiger partial charge in [0.1, 0.15) is 0 Å². The number of carbonyl (C=O) groups excluding carboxylic acids is 1. The summed E-state index contributed by atoms with van der Waals surface area (Å²) in [4.78, 5) is 22.8. The van der Waals surface area contributed by atoms with Gasteiger partial charge < -0.3 is 0 Å².